The number of hydrogen-bond donors (Lipinski definition) is 2. The van der Waals surface area contributed by atoms with Crippen LogP contribution in [0, 0.1) is 24.2 Å². The van der Waals surface area contributed by atoms with Crippen LogP contribution in [0.5, 0.6) is 0 Å². The van der Waals surface area contributed by atoms with Crippen LogP contribution in [0.1, 0.15) is 44.7 Å². The van der Waals surface area contributed by atoms with Crippen molar-refractivity contribution in [2.24, 2.45) is 5.41 Å². The smallest absolute Gasteiger partial charge is 0.243 e. The SMILES string of the molecule is Cc1cc(Cl)ccc1C#CCNC(=O)C1CC(O)CN1C(=O)CC(C)(C)C. The summed E-state index contributed by atoms with van der Waals surface area (Å²) in [4.78, 5) is 26.5. The first-order valence-electron chi connectivity index (χ1n) is 9.07. The van der Waals surface area contributed by atoms with Gasteiger partial charge in [-0.1, -0.05) is 44.2 Å². The standard InChI is InChI=1S/C21H27ClN2O3/c1-14-10-16(22)8-7-15(14)6-5-9-23-20(27)18-11-17(25)13-24(18)19(26)12-21(2,3)4/h7-8,10,17-18,25H,9,11-13H2,1-4H3,(H,23,27). The van der Waals surface area contributed by atoms with Gasteiger partial charge in [-0.3, -0.25) is 9.59 Å². The highest BCUT2D eigenvalue weighted by molar-refractivity contribution is 6.30. The second-order valence-electron chi connectivity index (χ2n) is 8.17. The molecule has 1 aliphatic heterocycles. The molecule has 0 aliphatic carbocycles. The van der Waals surface area contributed by atoms with Crippen molar-refractivity contribution in [3.63, 3.8) is 0 Å². The summed E-state index contributed by atoms with van der Waals surface area (Å²) in [6, 6.07) is 4.81. The predicted octanol–water partition coefficient (Wildman–Crippen LogP) is 2.51. The average molecular weight is 391 g/mol. The number of rotatable bonds is 3. The van der Waals surface area contributed by atoms with Crippen LogP contribution in [-0.4, -0.2) is 47.1 Å². The van der Waals surface area contributed by atoms with Crippen molar-refractivity contribution in [2.75, 3.05) is 13.1 Å². The third kappa shape index (κ3) is 6.27. The van der Waals surface area contributed by atoms with E-state index < -0.39 is 12.1 Å². The second kappa shape index (κ2) is 8.77. The van der Waals surface area contributed by atoms with E-state index in [1.807, 2.05) is 39.8 Å². The fourth-order valence-electron chi connectivity index (χ4n) is 3.05. The van der Waals surface area contributed by atoms with E-state index in [1.165, 1.54) is 4.90 Å². The van der Waals surface area contributed by atoms with Crippen LogP contribution in [0.3, 0.4) is 0 Å². The molecule has 5 nitrogen and oxygen atoms in total. The molecule has 6 heteroatoms. The Morgan fingerprint density at radius 1 is 1.37 bits per heavy atom. The molecule has 0 bridgehead atoms. The number of halogens is 1. The maximum absolute atomic E-state index is 12.5. The molecule has 1 heterocycles. The zero-order chi connectivity index (χ0) is 20.2. The van der Waals surface area contributed by atoms with E-state index in [0.29, 0.717) is 11.4 Å². The number of β-amino-alcohol motifs (C(OH)–C–C–N with tert-alkyl or cyclic N) is 1. The van der Waals surface area contributed by atoms with E-state index >= 15 is 0 Å². The zero-order valence-corrected chi connectivity index (χ0v) is 17.1. The molecule has 0 saturated carbocycles. The van der Waals surface area contributed by atoms with E-state index in [-0.39, 0.29) is 36.7 Å². The van der Waals surface area contributed by atoms with Crippen molar-refractivity contribution in [1.29, 1.82) is 0 Å². The fraction of sp³-hybridized carbons (Fsp3) is 0.524. The Kier molecular flexibility index (Phi) is 6.91. The first-order valence-corrected chi connectivity index (χ1v) is 9.45. The molecular weight excluding hydrogens is 364 g/mol. The van der Waals surface area contributed by atoms with Gasteiger partial charge in [-0.2, -0.15) is 0 Å². The highest BCUT2D eigenvalue weighted by Crippen LogP contribution is 2.25. The Labute approximate surface area is 166 Å². The summed E-state index contributed by atoms with van der Waals surface area (Å²) in [6.45, 7) is 8.22. The van der Waals surface area contributed by atoms with Crippen LogP contribution in [0.25, 0.3) is 0 Å². The van der Waals surface area contributed by atoms with Crippen LogP contribution in [0.2, 0.25) is 5.02 Å². The van der Waals surface area contributed by atoms with E-state index in [0.717, 1.165) is 11.1 Å². The van der Waals surface area contributed by atoms with Crippen LogP contribution < -0.4 is 5.32 Å². The van der Waals surface area contributed by atoms with Gasteiger partial charge in [0.1, 0.15) is 6.04 Å². The molecule has 1 aromatic carbocycles. The summed E-state index contributed by atoms with van der Waals surface area (Å²) < 4.78 is 0. The van der Waals surface area contributed by atoms with Gasteiger partial charge in [0.15, 0.2) is 0 Å². The first-order chi connectivity index (χ1) is 12.6. The Balaban J connectivity index is 1.96. The fourth-order valence-corrected chi connectivity index (χ4v) is 3.28. The highest BCUT2D eigenvalue weighted by atomic mass is 35.5. The van der Waals surface area contributed by atoms with Crippen molar-refractivity contribution in [3.8, 4) is 11.8 Å². The quantitative estimate of drug-likeness (QED) is 0.779. The number of benzene rings is 1. The molecular formula is C21H27ClN2O3. The lowest BCUT2D eigenvalue weighted by Gasteiger charge is -2.27. The Bertz CT molecular complexity index is 774. The molecule has 2 atom stereocenters. The number of carbonyl (C=O) groups excluding carboxylic acids is 2. The predicted molar refractivity (Wildman–Crippen MR) is 106 cm³/mol. The van der Waals surface area contributed by atoms with Crippen molar-refractivity contribution < 1.29 is 14.7 Å². The van der Waals surface area contributed by atoms with E-state index in [1.54, 1.807) is 6.07 Å². The third-order valence-corrected chi connectivity index (χ3v) is 4.58. The van der Waals surface area contributed by atoms with Crippen molar-refractivity contribution in [2.45, 2.75) is 52.7 Å². The minimum Gasteiger partial charge on any atom is -0.391 e. The van der Waals surface area contributed by atoms with Crippen molar-refractivity contribution in [3.05, 3.63) is 34.3 Å². The van der Waals surface area contributed by atoms with Gasteiger partial charge in [0.2, 0.25) is 11.8 Å². The maximum atomic E-state index is 12.5. The average Bonchev–Trinajstić information content (AvgIpc) is 2.93. The number of aliphatic hydroxyl groups is 1. The summed E-state index contributed by atoms with van der Waals surface area (Å²) in [7, 11) is 0. The minimum absolute atomic E-state index is 0.109. The molecule has 1 saturated heterocycles. The molecule has 2 N–H and O–H groups in total. The van der Waals surface area contributed by atoms with Crippen LogP contribution in [-0.2, 0) is 9.59 Å². The number of hydrogen-bond acceptors (Lipinski definition) is 3. The Hall–Kier alpha value is -2.03. The van der Waals surface area contributed by atoms with Gasteiger partial charge in [0.05, 0.1) is 12.6 Å². The topological polar surface area (TPSA) is 69.6 Å². The number of carbonyl (C=O) groups is 2. The van der Waals surface area contributed by atoms with E-state index in [4.69, 9.17) is 11.6 Å². The molecule has 146 valence electrons. The number of nitrogens with one attached hydrogen (secondary N) is 1. The van der Waals surface area contributed by atoms with Gasteiger partial charge in [0.25, 0.3) is 0 Å². The molecule has 2 amide bonds. The summed E-state index contributed by atoms with van der Waals surface area (Å²) in [5.41, 5.74) is 1.65. The number of aliphatic hydroxyl groups excluding tert-OH is 1. The molecule has 27 heavy (non-hydrogen) atoms. The molecule has 0 spiro atoms. The molecule has 2 rings (SSSR count). The largest absolute Gasteiger partial charge is 0.391 e. The van der Waals surface area contributed by atoms with Crippen LogP contribution in [0.4, 0.5) is 0 Å². The number of likely N-dealkylation sites (tertiary alicyclic amines) is 1. The lowest BCUT2D eigenvalue weighted by atomic mass is 9.91. The van der Waals surface area contributed by atoms with Gasteiger partial charge >= 0.3 is 0 Å². The normalized spacial score (nSPS) is 19.4. The summed E-state index contributed by atoms with van der Waals surface area (Å²) in [5.74, 6) is 5.53. The van der Waals surface area contributed by atoms with Gasteiger partial charge in [-0.15, -0.1) is 0 Å². The molecule has 0 radical (unpaired) electrons. The van der Waals surface area contributed by atoms with Gasteiger partial charge < -0.3 is 15.3 Å². The number of aryl methyl sites for hydroxylation is 1. The highest BCUT2D eigenvalue weighted by Gasteiger charge is 2.39. The van der Waals surface area contributed by atoms with E-state index in [2.05, 4.69) is 17.2 Å². The number of amides is 2. The minimum atomic E-state index is -0.674. The first kappa shape index (κ1) is 21.3. The molecule has 1 fully saturated rings. The van der Waals surface area contributed by atoms with Gasteiger partial charge in [-0.25, -0.2) is 0 Å². The third-order valence-electron chi connectivity index (χ3n) is 4.35. The molecule has 1 aliphatic rings. The lowest BCUT2D eigenvalue weighted by molar-refractivity contribution is -0.139. The van der Waals surface area contributed by atoms with Crippen LogP contribution >= 0.6 is 11.6 Å². The molecule has 0 aromatic heterocycles. The summed E-state index contributed by atoms with van der Waals surface area (Å²) in [5, 5.41) is 13.3. The second-order valence-corrected chi connectivity index (χ2v) is 8.60. The number of nitrogens with zero attached hydrogens (tertiary/aromatic N) is 1. The van der Waals surface area contributed by atoms with Gasteiger partial charge in [0, 0.05) is 30.0 Å². The van der Waals surface area contributed by atoms with Crippen LogP contribution in [0.15, 0.2) is 18.2 Å². The van der Waals surface area contributed by atoms with E-state index in [9.17, 15) is 14.7 Å². The maximum Gasteiger partial charge on any atom is 0.243 e. The Morgan fingerprint density at radius 3 is 2.70 bits per heavy atom. The summed E-state index contributed by atoms with van der Waals surface area (Å²) >= 11 is 5.93. The lowest BCUT2D eigenvalue weighted by Crippen LogP contribution is -2.46. The van der Waals surface area contributed by atoms with Crippen molar-refractivity contribution >= 4 is 23.4 Å². The zero-order valence-electron chi connectivity index (χ0n) is 16.3. The molecule has 2 unspecified atom stereocenters. The molecule has 1 aromatic rings. The summed E-state index contributed by atoms with van der Waals surface area (Å²) in [6.07, 6.45) is -0.0858. The van der Waals surface area contributed by atoms with Gasteiger partial charge in [-0.05, 0) is 36.1 Å². The monoisotopic (exact) mass is 390 g/mol. The Morgan fingerprint density at radius 2 is 2.07 bits per heavy atom. The van der Waals surface area contributed by atoms with Crippen molar-refractivity contribution in [1.82, 2.24) is 10.2 Å².